The summed E-state index contributed by atoms with van der Waals surface area (Å²) in [4.78, 5) is 5.42. The highest BCUT2D eigenvalue weighted by atomic mass is 32.1. The molecule has 0 aliphatic rings. The van der Waals surface area contributed by atoms with E-state index in [2.05, 4.69) is 62.4 Å². The number of rotatable bonds is 2. The molecule has 0 bridgehead atoms. The van der Waals surface area contributed by atoms with E-state index < -0.39 is 0 Å². The van der Waals surface area contributed by atoms with Gasteiger partial charge in [0.1, 0.15) is 0 Å². The van der Waals surface area contributed by atoms with Gasteiger partial charge in [-0.1, -0.05) is 38.1 Å². The van der Waals surface area contributed by atoms with Gasteiger partial charge in [-0.25, -0.2) is 0 Å². The molecule has 0 fully saturated rings. The molecular formula is C18H20S2. The van der Waals surface area contributed by atoms with Crippen molar-refractivity contribution >= 4 is 22.7 Å². The lowest BCUT2D eigenvalue weighted by atomic mass is 10.1. The quantitative estimate of drug-likeness (QED) is 0.489. The number of hydrogen-bond donors (Lipinski definition) is 0. The second-order valence-electron chi connectivity index (χ2n) is 4.40. The highest BCUT2D eigenvalue weighted by Gasteiger charge is 2.03. The monoisotopic (exact) mass is 300 g/mol. The summed E-state index contributed by atoms with van der Waals surface area (Å²) >= 11 is 3.70. The van der Waals surface area contributed by atoms with E-state index in [1.165, 1.54) is 30.6 Å². The summed E-state index contributed by atoms with van der Waals surface area (Å²) in [5.41, 5.74) is 2.62. The zero-order chi connectivity index (χ0) is 14.5. The molecule has 2 aromatic heterocycles. The van der Waals surface area contributed by atoms with Gasteiger partial charge in [-0.3, -0.25) is 0 Å². The highest BCUT2D eigenvalue weighted by molar-refractivity contribution is 7.15. The van der Waals surface area contributed by atoms with Crippen LogP contribution in [0.25, 0.3) is 20.9 Å². The molecule has 104 valence electrons. The summed E-state index contributed by atoms with van der Waals surface area (Å²) in [6.45, 7) is 8.30. The fourth-order valence-electron chi connectivity index (χ4n) is 1.98. The maximum atomic E-state index is 2.22. The maximum Gasteiger partial charge on any atom is 0.0345 e. The van der Waals surface area contributed by atoms with Gasteiger partial charge in [-0.2, -0.15) is 0 Å². The summed E-state index contributed by atoms with van der Waals surface area (Å²) in [7, 11) is 0. The van der Waals surface area contributed by atoms with Crippen LogP contribution in [-0.2, 0) is 0 Å². The first-order chi connectivity index (χ1) is 9.72. The van der Waals surface area contributed by atoms with Crippen LogP contribution in [0.2, 0.25) is 0 Å². The smallest absolute Gasteiger partial charge is 0.0345 e. The van der Waals surface area contributed by atoms with Crippen molar-refractivity contribution in [2.24, 2.45) is 0 Å². The van der Waals surface area contributed by atoms with Crippen LogP contribution >= 0.6 is 22.7 Å². The molecule has 2 heterocycles. The topological polar surface area (TPSA) is 0 Å². The van der Waals surface area contributed by atoms with Crippen LogP contribution < -0.4 is 0 Å². The lowest BCUT2D eigenvalue weighted by molar-refractivity contribution is 1.50. The molecule has 0 saturated heterocycles. The Morgan fingerprint density at radius 2 is 0.900 bits per heavy atom. The van der Waals surface area contributed by atoms with Gasteiger partial charge >= 0.3 is 0 Å². The third-order valence-electron chi connectivity index (χ3n) is 2.93. The van der Waals surface area contributed by atoms with Crippen molar-refractivity contribution in [1.29, 1.82) is 0 Å². The number of thiophene rings is 2. The minimum Gasteiger partial charge on any atom is -0.141 e. The summed E-state index contributed by atoms with van der Waals surface area (Å²) < 4.78 is 0. The second-order valence-corrected chi connectivity index (χ2v) is 6.97. The van der Waals surface area contributed by atoms with Crippen molar-refractivity contribution in [3.8, 4) is 20.9 Å². The maximum absolute atomic E-state index is 2.22. The van der Waals surface area contributed by atoms with Crippen LogP contribution in [0.4, 0.5) is 0 Å². The van der Waals surface area contributed by atoms with Crippen molar-refractivity contribution in [2.75, 3.05) is 0 Å². The zero-order valence-corrected chi connectivity index (χ0v) is 14.1. The van der Waals surface area contributed by atoms with Crippen LogP contribution in [0.15, 0.2) is 48.5 Å². The Labute approximate surface area is 129 Å². The predicted molar refractivity (Wildman–Crippen MR) is 93.9 cm³/mol. The van der Waals surface area contributed by atoms with E-state index in [4.69, 9.17) is 0 Å². The molecule has 0 unspecified atom stereocenters. The Hall–Kier alpha value is -1.38. The minimum atomic E-state index is 1.31. The molecule has 0 aliphatic heterocycles. The Morgan fingerprint density at radius 3 is 1.15 bits per heavy atom. The van der Waals surface area contributed by atoms with Crippen molar-refractivity contribution in [3.05, 3.63) is 58.3 Å². The SMILES string of the molecule is CC.Cc1ccc(-c2ccc(-c3ccc(C)s3)cc2)s1. The van der Waals surface area contributed by atoms with E-state index in [1.807, 2.05) is 36.5 Å². The average Bonchev–Trinajstić information content (AvgIpc) is 3.10. The molecule has 3 rings (SSSR count). The Morgan fingerprint density at radius 1 is 0.550 bits per heavy atom. The molecule has 1 aromatic carbocycles. The van der Waals surface area contributed by atoms with Crippen molar-refractivity contribution < 1.29 is 0 Å². The lowest BCUT2D eigenvalue weighted by Gasteiger charge is -2.00. The largest absolute Gasteiger partial charge is 0.141 e. The molecule has 0 spiro atoms. The van der Waals surface area contributed by atoms with Crippen LogP contribution in [0.5, 0.6) is 0 Å². The van der Waals surface area contributed by atoms with Gasteiger partial charge in [0.15, 0.2) is 0 Å². The molecular weight excluding hydrogens is 280 g/mol. The van der Waals surface area contributed by atoms with Crippen molar-refractivity contribution in [3.63, 3.8) is 0 Å². The fourth-order valence-corrected chi connectivity index (χ4v) is 3.72. The molecule has 0 nitrogen and oxygen atoms in total. The van der Waals surface area contributed by atoms with Gasteiger partial charge in [0.05, 0.1) is 0 Å². The van der Waals surface area contributed by atoms with Gasteiger partial charge in [0.2, 0.25) is 0 Å². The summed E-state index contributed by atoms with van der Waals surface area (Å²) in [6.07, 6.45) is 0. The lowest BCUT2D eigenvalue weighted by Crippen LogP contribution is -1.74. The van der Waals surface area contributed by atoms with Gasteiger partial charge in [-0.05, 0) is 49.2 Å². The van der Waals surface area contributed by atoms with E-state index >= 15 is 0 Å². The molecule has 0 amide bonds. The molecule has 2 heteroatoms. The first-order valence-electron chi connectivity index (χ1n) is 6.96. The fraction of sp³-hybridized carbons (Fsp3) is 0.222. The van der Waals surface area contributed by atoms with Gasteiger partial charge in [-0.15, -0.1) is 22.7 Å². The first-order valence-corrected chi connectivity index (χ1v) is 8.59. The van der Waals surface area contributed by atoms with Gasteiger partial charge in [0, 0.05) is 19.5 Å². The van der Waals surface area contributed by atoms with Gasteiger partial charge in [0.25, 0.3) is 0 Å². The Kier molecular flexibility index (Phi) is 5.16. The predicted octanol–water partition coefficient (Wildman–Crippen LogP) is 6.79. The number of aryl methyl sites for hydroxylation is 2. The first kappa shape index (κ1) is 15.0. The zero-order valence-electron chi connectivity index (χ0n) is 12.4. The third-order valence-corrected chi connectivity index (χ3v) is 5.03. The molecule has 0 aliphatic carbocycles. The third kappa shape index (κ3) is 3.38. The van der Waals surface area contributed by atoms with Crippen LogP contribution in [0, 0.1) is 13.8 Å². The number of hydrogen-bond acceptors (Lipinski definition) is 2. The Bertz CT molecular complexity index is 598. The molecule has 3 aromatic rings. The second kappa shape index (κ2) is 6.87. The van der Waals surface area contributed by atoms with Crippen LogP contribution in [0.3, 0.4) is 0 Å². The molecule has 0 saturated carbocycles. The van der Waals surface area contributed by atoms with E-state index in [1.54, 1.807) is 0 Å². The molecule has 0 N–H and O–H groups in total. The van der Waals surface area contributed by atoms with Crippen LogP contribution in [-0.4, -0.2) is 0 Å². The highest BCUT2D eigenvalue weighted by Crippen LogP contribution is 2.32. The molecule has 0 radical (unpaired) electrons. The number of benzene rings is 1. The average molecular weight is 300 g/mol. The summed E-state index contributed by atoms with van der Waals surface area (Å²) in [5, 5.41) is 0. The molecule has 0 atom stereocenters. The van der Waals surface area contributed by atoms with E-state index in [0.29, 0.717) is 0 Å². The van der Waals surface area contributed by atoms with E-state index in [9.17, 15) is 0 Å². The van der Waals surface area contributed by atoms with Crippen molar-refractivity contribution in [2.45, 2.75) is 27.7 Å². The molecule has 20 heavy (non-hydrogen) atoms. The minimum absolute atomic E-state index is 1.31. The normalized spacial score (nSPS) is 10.0. The summed E-state index contributed by atoms with van der Waals surface area (Å²) in [5.74, 6) is 0. The van der Waals surface area contributed by atoms with Crippen molar-refractivity contribution in [1.82, 2.24) is 0 Å². The summed E-state index contributed by atoms with van der Waals surface area (Å²) in [6, 6.07) is 17.6. The Balaban J connectivity index is 0.000000704. The standard InChI is InChI=1S/C16H14S2.C2H6/c1-11-3-9-15(17-11)13-5-7-14(8-6-13)16-10-4-12(2)18-16;1-2/h3-10H,1-2H3;1-2H3. The van der Waals surface area contributed by atoms with Crippen LogP contribution in [0.1, 0.15) is 23.6 Å². The van der Waals surface area contributed by atoms with Gasteiger partial charge < -0.3 is 0 Å². The van der Waals surface area contributed by atoms with E-state index in [-0.39, 0.29) is 0 Å². The van der Waals surface area contributed by atoms with E-state index in [0.717, 1.165) is 0 Å².